The van der Waals surface area contributed by atoms with Gasteiger partial charge in [0.05, 0.1) is 0 Å². The minimum Gasteiger partial charge on any atom is -0.481 e. The van der Waals surface area contributed by atoms with E-state index < -0.39 is 6.10 Å². The summed E-state index contributed by atoms with van der Waals surface area (Å²) in [6, 6.07) is 12.6. The van der Waals surface area contributed by atoms with Crippen LogP contribution in [0.25, 0.3) is 0 Å². The largest absolute Gasteiger partial charge is 0.481 e. The molecule has 0 fully saturated rings. The maximum absolute atomic E-state index is 12.6. The van der Waals surface area contributed by atoms with E-state index in [-0.39, 0.29) is 5.91 Å². The highest BCUT2D eigenvalue weighted by Crippen LogP contribution is 2.19. The van der Waals surface area contributed by atoms with Crippen LogP contribution in [0.2, 0.25) is 0 Å². The molecule has 0 aliphatic rings. The summed E-state index contributed by atoms with van der Waals surface area (Å²) in [5.74, 6) is 0.697. The number of rotatable bonds is 8. The third kappa shape index (κ3) is 5.35. The lowest BCUT2D eigenvalue weighted by atomic mass is 10.0. The molecule has 0 unspecified atom stereocenters. The molecule has 140 valence electrons. The van der Waals surface area contributed by atoms with Crippen LogP contribution in [0.3, 0.4) is 0 Å². The normalized spacial score (nSPS) is 11.9. The average Bonchev–Trinajstić information content (AvgIpc) is 2.63. The lowest BCUT2D eigenvalue weighted by molar-refractivity contribution is -0.128. The quantitative estimate of drug-likeness (QED) is 0.733. The Bertz CT molecular complexity index is 732. The number of nitrogens with one attached hydrogen (secondary N) is 1. The van der Waals surface area contributed by atoms with Crippen LogP contribution < -0.4 is 10.1 Å². The van der Waals surface area contributed by atoms with E-state index in [1.165, 1.54) is 16.7 Å². The molecule has 0 spiro atoms. The molecule has 0 aliphatic carbocycles. The van der Waals surface area contributed by atoms with Gasteiger partial charge in [-0.15, -0.1) is 0 Å². The molecule has 0 bridgehead atoms. The molecule has 3 heteroatoms. The predicted molar refractivity (Wildman–Crippen MR) is 108 cm³/mol. The third-order valence-electron chi connectivity index (χ3n) is 4.65. The van der Waals surface area contributed by atoms with Crippen LogP contribution in [0.5, 0.6) is 5.75 Å². The Balaban J connectivity index is 2.05. The summed E-state index contributed by atoms with van der Waals surface area (Å²) in [6.45, 7) is 10.9. The highest BCUT2D eigenvalue weighted by Gasteiger charge is 2.18. The molecule has 1 N–H and O–H groups in total. The van der Waals surface area contributed by atoms with E-state index >= 15 is 0 Å². The van der Waals surface area contributed by atoms with Crippen molar-refractivity contribution in [2.45, 2.75) is 66.5 Å². The minimum absolute atomic E-state index is 0.0596. The highest BCUT2D eigenvalue weighted by atomic mass is 16.5. The Morgan fingerprint density at radius 1 is 0.962 bits per heavy atom. The van der Waals surface area contributed by atoms with Crippen molar-refractivity contribution >= 4 is 5.91 Å². The maximum Gasteiger partial charge on any atom is 0.261 e. The number of hydrogen-bond acceptors (Lipinski definition) is 2. The van der Waals surface area contributed by atoms with E-state index in [9.17, 15) is 4.79 Å². The van der Waals surface area contributed by atoms with Gasteiger partial charge in [0.15, 0.2) is 6.10 Å². The van der Waals surface area contributed by atoms with Crippen LogP contribution in [0.4, 0.5) is 0 Å². The van der Waals surface area contributed by atoms with Crippen molar-refractivity contribution in [2.75, 3.05) is 0 Å². The first-order valence-corrected chi connectivity index (χ1v) is 9.60. The standard InChI is InChI=1S/C23H31NO2/c1-6-18-9-10-19(7-2)20(14-18)15-24-23(25)22(8-3)26-21-12-16(4)11-17(5)13-21/h9-14,22H,6-8,15H2,1-5H3,(H,24,25)/t22-/m0/s1. The molecule has 2 rings (SSSR count). The number of carbonyl (C=O) groups excluding carboxylic acids is 1. The fourth-order valence-corrected chi connectivity index (χ4v) is 3.19. The predicted octanol–water partition coefficient (Wildman–Crippen LogP) is 4.90. The first kappa shape index (κ1) is 20.0. The van der Waals surface area contributed by atoms with Crippen LogP contribution in [0, 0.1) is 13.8 Å². The van der Waals surface area contributed by atoms with Crippen molar-refractivity contribution < 1.29 is 9.53 Å². The first-order chi connectivity index (χ1) is 12.5. The third-order valence-corrected chi connectivity index (χ3v) is 4.65. The zero-order valence-electron chi connectivity index (χ0n) is 16.7. The zero-order chi connectivity index (χ0) is 19.1. The van der Waals surface area contributed by atoms with Crippen molar-refractivity contribution in [3.63, 3.8) is 0 Å². The van der Waals surface area contributed by atoms with Crippen LogP contribution in [0.1, 0.15) is 55.0 Å². The smallest absolute Gasteiger partial charge is 0.261 e. The molecule has 3 nitrogen and oxygen atoms in total. The Morgan fingerprint density at radius 2 is 1.65 bits per heavy atom. The van der Waals surface area contributed by atoms with Gasteiger partial charge in [0, 0.05) is 6.54 Å². The Kier molecular flexibility index (Phi) is 7.26. The number of carbonyl (C=O) groups is 1. The lowest BCUT2D eigenvalue weighted by Crippen LogP contribution is -2.37. The monoisotopic (exact) mass is 353 g/mol. The van der Waals surface area contributed by atoms with Crippen LogP contribution in [-0.4, -0.2) is 12.0 Å². The molecule has 26 heavy (non-hydrogen) atoms. The zero-order valence-corrected chi connectivity index (χ0v) is 16.7. The number of aryl methyl sites for hydroxylation is 4. The molecule has 0 saturated carbocycles. The minimum atomic E-state index is -0.476. The van der Waals surface area contributed by atoms with Crippen molar-refractivity contribution in [1.82, 2.24) is 5.32 Å². The second-order valence-corrected chi connectivity index (χ2v) is 6.87. The van der Waals surface area contributed by atoms with Gasteiger partial charge in [0.2, 0.25) is 0 Å². The van der Waals surface area contributed by atoms with Gasteiger partial charge in [-0.25, -0.2) is 0 Å². The first-order valence-electron chi connectivity index (χ1n) is 9.60. The van der Waals surface area contributed by atoms with Gasteiger partial charge >= 0.3 is 0 Å². The number of hydrogen-bond donors (Lipinski definition) is 1. The summed E-state index contributed by atoms with van der Waals surface area (Å²) in [7, 11) is 0. The van der Waals surface area contributed by atoms with E-state index in [0.717, 1.165) is 29.7 Å². The molecule has 0 heterocycles. The SMILES string of the molecule is CCc1ccc(CC)c(CNC(=O)[C@H](CC)Oc2cc(C)cc(C)c2)c1. The molecular formula is C23H31NO2. The summed E-state index contributed by atoms with van der Waals surface area (Å²) < 4.78 is 5.96. The number of benzene rings is 2. The second kappa shape index (κ2) is 9.42. The molecule has 0 saturated heterocycles. The molecule has 2 aromatic carbocycles. The van der Waals surface area contributed by atoms with Gasteiger partial charge < -0.3 is 10.1 Å². The van der Waals surface area contributed by atoms with E-state index in [2.05, 4.69) is 43.4 Å². The van der Waals surface area contributed by atoms with Crippen molar-refractivity contribution in [3.8, 4) is 5.75 Å². The average molecular weight is 354 g/mol. The van der Waals surface area contributed by atoms with Gasteiger partial charge in [-0.1, -0.05) is 45.0 Å². The summed E-state index contributed by atoms with van der Waals surface area (Å²) >= 11 is 0. The summed E-state index contributed by atoms with van der Waals surface area (Å²) in [6.07, 6.45) is 2.12. The topological polar surface area (TPSA) is 38.3 Å². The van der Waals surface area contributed by atoms with E-state index in [4.69, 9.17) is 4.74 Å². The van der Waals surface area contributed by atoms with Gasteiger partial charge in [-0.05, 0) is 73.1 Å². The Morgan fingerprint density at radius 3 is 2.23 bits per heavy atom. The molecule has 0 radical (unpaired) electrons. The Hall–Kier alpha value is -2.29. The summed E-state index contributed by atoms with van der Waals surface area (Å²) in [5.41, 5.74) is 6.05. The van der Waals surface area contributed by atoms with Crippen molar-refractivity contribution in [1.29, 1.82) is 0 Å². The maximum atomic E-state index is 12.6. The van der Waals surface area contributed by atoms with E-state index in [1.807, 2.05) is 32.9 Å². The fraction of sp³-hybridized carbons (Fsp3) is 0.435. The van der Waals surface area contributed by atoms with E-state index in [1.54, 1.807) is 0 Å². The highest BCUT2D eigenvalue weighted by molar-refractivity contribution is 5.81. The van der Waals surface area contributed by atoms with Gasteiger partial charge in [-0.2, -0.15) is 0 Å². The molecule has 1 amide bonds. The van der Waals surface area contributed by atoms with E-state index in [0.29, 0.717) is 13.0 Å². The fourth-order valence-electron chi connectivity index (χ4n) is 3.19. The molecule has 0 aliphatic heterocycles. The molecule has 2 aromatic rings. The number of amides is 1. The van der Waals surface area contributed by atoms with Gasteiger partial charge in [-0.3, -0.25) is 4.79 Å². The molecule has 1 atom stereocenters. The van der Waals surface area contributed by atoms with Gasteiger partial charge in [0.1, 0.15) is 5.75 Å². The number of ether oxygens (including phenoxy) is 1. The summed E-state index contributed by atoms with van der Waals surface area (Å²) in [5, 5.41) is 3.06. The molecular weight excluding hydrogens is 322 g/mol. The lowest BCUT2D eigenvalue weighted by Gasteiger charge is -2.19. The van der Waals surface area contributed by atoms with Crippen LogP contribution in [0.15, 0.2) is 36.4 Å². The molecule has 0 aromatic heterocycles. The van der Waals surface area contributed by atoms with Crippen molar-refractivity contribution in [3.05, 3.63) is 64.2 Å². The van der Waals surface area contributed by atoms with Crippen LogP contribution >= 0.6 is 0 Å². The second-order valence-electron chi connectivity index (χ2n) is 6.87. The van der Waals surface area contributed by atoms with Crippen LogP contribution in [-0.2, 0) is 24.2 Å². The summed E-state index contributed by atoms with van der Waals surface area (Å²) in [4.78, 5) is 12.6. The Labute approximate surface area is 157 Å². The van der Waals surface area contributed by atoms with Gasteiger partial charge in [0.25, 0.3) is 5.91 Å². The van der Waals surface area contributed by atoms with Crippen molar-refractivity contribution in [2.24, 2.45) is 0 Å².